The first-order valence-corrected chi connectivity index (χ1v) is 11.8. The fourth-order valence-corrected chi connectivity index (χ4v) is 5.06. The zero-order valence-electron chi connectivity index (χ0n) is 20.3. The third-order valence-corrected chi connectivity index (χ3v) is 6.94. The van der Waals surface area contributed by atoms with Crippen LogP contribution in [0.5, 0.6) is 23.0 Å². The number of hydrogen-bond donors (Lipinski definition) is 2. The maximum Gasteiger partial charge on any atom is 0.312 e. The minimum absolute atomic E-state index is 0.0731. The van der Waals surface area contributed by atoms with E-state index >= 15 is 0 Å². The largest absolute Gasteiger partial charge is 0.504 e. The third-order valence-electron chi connectivity index (χ3n) is 6.94. The van der Waals surface area contributed by atoms with E-state index in [9.17, 15) is 24.6 Å². The molecule has 0 spiro atoms. The van der Waals surface area contributed by atoms with Gasteiger partial charge in [-0.05, 0) is 23.6 Å². The molecule has 1 atom stereocenters. The van der Waals surface area contributed by atoms with Crippen molar-refractivity contribution in [1.29, 1.82) is 0 Å². The first-order chi connectivity index (χ1) is 18.3. The van der Waals surface area contributed by atoms with E-state index in [-0.39, 0.29) is 40.0 Å². The minimum atomic E-state index is -0.931. The van der Waals surface area contributed by atoms with Crippen molar-refractivity contribution in [2.75, 3.05) is 7.11 Å². The van der Waals surface area contributed by atoms with Crippen molar-refractivity contribution >= 4 is 27.8 Å². The number of benzene rings is 3. The fraction of sp³-hybridized carbons (Fsp3) is 0.138. The molecule has 9 nitrogen and oxygen atoms in total. The number of fused-ring (bicyclic) bond motifs is 4. The molecule has 2 aromatic heterocycles. The quantitative estimate of drug-likeness (QED) is 0.210. The number of nitrogens with zero attached hydrogens (tertiary/aromatic N) is 1. The number of ether oxygens (including phenoxy) is 2. The predicted molar refractivity (Wildman–Crippen MR) is 139 cm³/mol. The molecule has 3 aromatic carbocycles. The Morgan fingerprint density at radius 3 is 2.47 bits per heavy atom. The van der Waals surface area contributed by atoms with Gasteiger partial charge in [0.1, 0.15) is 22.5 Å². The SMILES string of the molecule is COc1ccc2cc([C@H]3CC(=O)Oc4c(O)c(O)c5c(=O)cc(-c6ccccc6)oc5c43)c(=O)n(C)c2c1. The Hall–Kier alpha value is -5.05. The lowest BCUT2D eigenvalue weighted by Crippen LogP contribution is -2.29. The Balaban J connectivity index is 1.70. The first-order valence-electron chi connectivity index (χ1n) is 11.8. The summed E-state index contributed by atoms with van der Waals surface area (Å²) >= 11 is 0. The molecule has 0 radical (unpaired) electrons. The third kappa shape index (κ3) is 3.43. The van der Waals surface area contributed by atoms with Gasteiger partial charge >= 0.3 is 5.97 Å². The second-order valence-corrected chi connectivity index (χ2v) is 9.10. The highest BCUT2D eigenvalue weighted by atomic mass is 16.5. The summed E-state index contributed by atoms with van der Waals surface area (Å²) in [5.41, 5.74) is 0.530. The second kappa shape index (κ2) is 8.52. The van der Waals surface area contributed by atoms with Gasteiger partial charge in [-0.3, -0.25) is 14.4 Å². The lowest BCUT2D eigenvalue weighted by atomic mass is 9.84. The monoisotopic (exact) mass is 511 g/mol. The van der Waals surface area contributed by atoms with Gasteiger partial charge in [-0.15, -0.1) is 0 Å². The zero-order chi connectivity index (χ0) is 26.7. The minimum Gasteiger partial charge on any atom is -0.504 e. The van der Waals surface area contributed by atoms with Crippen LogP contribution in [0.2, 0.25) is 0 Å². The summed E-state index contributed by atoms with van der Waals surface area (Å²) in [4.78, 5) is 39.5. The Morgan fingerprint density at radius 1 is 0.974 bits per heavy atom. The normalized spacial score (nSPS) is 14.9. The molecule has 0 fully saturated rings. The number of esters is 1. The van der Waals surface area contributed by atoms with Crippen LogP contribution in [-0.4, -0.2) is 27.9 Å². The molecule has 1 aliphatic heterocycles. The van der Waals surface area contributed by atoms with E-state index < -0.39 is 34.4 Å². The highest BCUT2D eigenvalue weighted by molar-refractivity contribution is 5.96. The first kappa shape index (κ1) is 23.4. The summed E-state index contributed by atoms with van der Waals surface area (Å²) < 4.78 is 18.2. The molecule has 1 aliphatic rings. The number of aromatic hydroxyl groups is 2. The van der Waals surface area contributed by atoms with Gasteiger partial charge in [0.05, 0.1) is 24.6 Å². The van der Waals surface area contributed by atoms with Gasteiger partial charge in [0.15, 0.2) is 16.9 Å². The molecule has 0 aliphatic carbocycles. The van der Waals surface area contributed by atoms with Crippen LogP contribution in [0.4, 0.5) is 0 Å². The fourth-order valence-electron chi connectivity index (χ4n) is 5.06. The van der Waals surface area contributed by atoms with Crippen molar-refractivity contribution in [3.8, 4) is 34.3 Å². The van der Waals surface area contributed by atoms with Crippen molar-refractivity contribution < 1.29 is 28.9 Å². The predicted octanol–water partition coefficient (Wildman–Crippen LogP) is 4.17. The molecule has 190 valence electrons. The number of aryl methyl sites for hydroxylation is 1. The summed E-state index contributed by atoms with van der Waals surface area (Å²) in [7, 11) is 3.14. The molecular weight excluding hydrogens is 490 g/mol. The summed E-state index contributed by atoms with van der Waals surface area (Å²) in [6.45, 7) is 0. The average molecular weight is 511 g/mol. The summed E-state index contributed by atoms with van der Waals surface area (Å²) in [5, 5.41) is 21.9. The van der Waals surface area contributed by atoms with Crippen LogP contribution in [0.1, 0.15) is 23.5 Å². The summed E-state index contributed by atoms with van der Waals surface area (Å²) in [6, 6.07) is 17.0. The van der Waals surface area contributed by atoms with Crippen LogP contribution in [-0.2, 0) is 11.8 Å². The maximum absolute atomic E-state index is 13.6. The number of carbonyl (C=O) groups excluding carboxylic acids is 1. The number of methoxy groups -OCH3 is 1. The number of pyridine rings is 1. The number of hydrogen-bond acceptors (Lipinski definition) is 8. The van der Waals surface area contributed by atoms with Crippen molar-refractivity contribution in [2.24, 2.45) is 7.05 Å². The molecule has 3 heterocycles. The molecule has 5 aromatic rings. The van der Waals surface area contributed by atoms with Crippen molar-refractivity contribution in [3.05, 3.63) is 92.4 Å². The number of aromatic nitrogens is 1. The highest BCUT2D eigenvalue weighted by Crippen LogP contribution is 2.51. The van der Waals surface area contributed by atoms with E-state index in [1.54, 1.807) is 55.6 Å². The maximum atomic E-state index is 13.6. The van der Waals surface area contributed by atoms with E-state index in [2.05, 4.69) is 0 Å². The lowest BCUT2D eigenvalue weighted by molar-refractivity contribution is -0.135. The van der Waals surface area contributed by atoms with Gasteiger partial charge < -0.3 is 28.7 Å². The van der Waals surface area contributed by atoms with Gasteiger partial charge in [-0.2, -0.15) is 0 Å². The van der Waals surface area contributed by atoms with Gasteiger partial charge in [0.25, 0.3) is 5.56 Å². The molecule has 0 unspecified atom stereocenters. The number of phenolic OH excluding ortho intramolecular Hbond substituents is 2. The van der Waals surface area contributed by atoms with Crippen molar-refractivity contribution in [2.45, 2.75) is 12.3 Å². The Kier molecular flexibility index (Phi) is 5.23. The van der Waals surface area contributed by atoms with Crippen LogP contribution in [0.3, 0.4) is 0 Å². The van der Waals surface area contributed by atoms with E-state index in [1.807, 2.05) is 6.07 Å². The molecule has 0 amide bonds. The standard InChI is InChI=1S/C29H21NO8/c1-30-19-11-16(36-2)9-8-15(19)10-18(29(30)35)17-12-22(32)38-28-23(17)27-24(25(33)26(28)34)20(31)13-21(37-27)14-6-4-3-5-7-14/h3-11,13,17,33-34H,12H2,1-2H3/t17-/m1/s1. The average Bonchev–Trinajstić information content (AvgIpc) is 2.93. The van der Waals surface area contributed by atoms with Gasteiger partial charge in [-0.1, -0.05) is 30.3 Å². The summed E-state index contributed by atoms with van der Waals surface area (Å²) in [5.74, 6) is -2.74. The van der Waals surface area contributed by atoms with E-state index in [0.717, 1.165) is 0 Å². The Bertz CT molecular complexity index is 1900. The molecule has 9 heteroatoms. The lowest BCUT2D eigenvalue weighted by Gasteiger charge is -2.27. The second-order valence-electron chi connectivity index (χ2n) is 9.10. The topological polar surface area (TPSA) is 128 Å². The van der Waals surface area contributed by atoms with Crippen LogP contribution < -0.4 is 20.5 Å². The van der Waals surface area contributed by atoms with Gasteiger partial charge in [-0.25, -0.2) is 0 Å². The molecule has 6 rings (SSSR count). The molecule has 2 N–H and O–H groups in total. The van der Waals surface area contributed by atoms with Gasteiger partial charge in [0, 0.05) is 36.2 Å². The smallest absolute Gasteiger partial charge is 0.312 e. The number of carbonyl (C=O) groups is 1. The van der Waals surface area contributed by atoms with Crippen LogP contribution in [0.25, 0.3) is 33.2 Å². The molecular formula is C29H21NO8. The van der Waals surface area contributed by atoms with Crippen molar-refractivity contribution in [3.63, 3.8) is 0 Å². The number of phenols is 2. The van der Waals surface area contributed by atoms with E-state index in [0.29, 0.717) is 22.2 Å². The Labute approximate surface area is 214 Å². The van der Waals surface area contributed by atoms with Crippen molar-refractivity contribution in [1.82, 2.24) is 4.57 Å². The molecule has 38 heavy (non-hydrogen) atoms. The molecule has 0 saturated carbocycles. The van der Waals surface area contributed by atoms with Gasteiger partial charge in [0.2, 0.25) is 5.75 Å². The summed E-state index contributed by atoms with van der Waals surface area (Å²) in [6.07, 6.45) is -0.248. The van der Waals surface area contributed by atoms with E-state index in [1.165, 1.54) is 17.7 Å². The van der Waals surface area contributed by atoms with Crippen LogP contribution in [0, 0.1) is 0 Å². The number of rotatable bonds is 3. The van der Waals surface area contributed by atoms with Crippen LogP contribution >= 0.6 is 0 Å². The van der Waals surface area contributed by atoms with E-state index in [4.69, 9.17) is 13.9 Å². The zero-order valence-corrected chi connectivity index (χ0v) is 20.3. The molecule has 0 bridgehead atoms. The highest BCUT2D eigenvalue weighted by Gasteiger charge is 2.38. The van der Waals surface area contributed by atoms with Crippen LogP contribution in [0.15, 0.2) is 74.7 Å². The Morgan fingerprint density at radius 2 is 1.74 bits per heavy atom. The molecule has 0 saturated heterocycles.